The van der Waals surface area contributed by atoms with Crippen LogP contribution >= 0.6 is 11.6 Å². The highest BCUT2D eigenvalue weighted by Gasteiger charge is 2.59. The minimum Gasteiger partial charge on any atom is -0.471 e. The van der Waals surface area contributed by atoms with Gasteiger partial charge >= 0.3 is 0 Å². The Hall–Kier alpha value is -4.53. The number of hydrogen-bond acceptors (Lipinski definition) is 7. The van der Waals surface area contributed by atoms with Crippen molar-refractivity contribution in [1.29, 1.82) is 0 Å². The number of aliphatic hydroxyl groups excluding tert-OH is 1. The molecule has 2 aliphatic rings. The van der Waals surface area contributed by atoms with Gasteiger partial charge in [0.05, 0.1) is 5.69 Å². The molecule has 5 aromatic rings. The molecule has 0 bridgehead atoms. The van der Waals surface area contributed by atoms with Crippen LogP contribution < -0.4 is 21.1 Å². The first-order valence-corrected chi connectivity index (χ1v) is 16.7. The molecule has 0 unspecified atom stereocenters. The number of aliphatic hydroxyl groups is 1. The van der Waals surface area contributed by atoms with Gasteiger partial charge in [-0.05, 0) is 82.3 Å². The van der Waals surface area contributed by atoms with Crippen LogP contribution in [0.4, 0.5) is 23.1 Å². The number of rotatable bonds is 4. The Balaban J connectivity index is 1.33. The summed E-state index contributed by atoms with van der Waals surface area (Å²) in [5, 5.41) is 18.9. The van der Waals surface area contributed by atoms with Crippen LogP contribution in [0, 0.1) is 5.92 Å². The minimum absolute atomic E-state index is 0.0864. The maximum Gasteiger partial charge on any atom is 0.300 e. The van der Waals surface area contributed by atoms with Crippen molar-refractivity contribution in [3.8, 4) is 5.75 Å². The quantitative estimate of drug-likeness (QED) is 0.142. The van der Waals surface area contributed by atoms with Crippen molar-refractivity contribution in [2.45, 2.75) is 76.9 Å². The molecule has 1 aliphatic carbocycles. The van der Waals surface area contributed by atoms with E-state index in [4.69, 9.17) is 31.5 Å². The first kappa shape index (κ1) is 32.0. The number of nitrogens with two attached hydrogens (primary N) is 1. The van der Waals surface area contributed by atoms with Gasteiger partial charge < -0.3 is 30.6 Å². The number of nitrogens with zero attached hydrogens (tertiary/aromatic N) is 1. The third-order valence-electron chi connectivity index (χ3n) is 9.60. The van der Waals surface area contributed by atoms with Gasteiger partial charge in [0, 0.05) is 27.9 Å². The van der Waals surface area contributed by atoms with Crippen molar-refractivity contribution in [3.05, 3.63) is 106 Å². The largest absolute Gasteiger partial charge is 0.471 e. The Bertz CT molecular complexity index is 2080. The Morgan fingerprint density at radius 2 is 1.71 bits per heavy atom. The molecule has 9 heteroatoms. The van der Waals surface area contributed by atoms with E-state index in [2.05, 4.69) is 64.3 Å². The topological polar surface area (TPSA) is 123 Å². The van der Waals surface area contributed by atoms with Crippen LogP contribution in [0.15, 0.2) is 77.2 Å². The highest BCUT2D eigenvalue weighted by Crippen LogP contribution is 2.53. The second-order valence-corrected chi connectivity index (χ2v) is 15.6. The molecule has 0 fully saturated rings. The van der Waals surface area contributed by atoms with Crippen LogP contribution in [0.2, 0.25) is 5.02 Å². The van der Waals surface area contributed by atoms with Gasteiger partial charge in [-0.25, -0.2) is 0 Å². The number of carbonyl (C=O) groups excluding carboxylic acids is 1. The second-order valence-electron chi connectivity index (χ2n) is 15.1. The fourth-order valence-corrected chi connectivity index (χ4v) is 7.30. The maximum absolute atomic E-state index is 14.4. The van der Waals surface area contributed by atoms with Gasteiger partial charge in [0.15, 0.2) is 5.58 Å². The predicted octanol–water partition coefficient (Wildman–Crippen LogP) is 8.62. The van der Waals surface area contributed by atoms with Gasteiger partial charge in [0.2, 0.25) is 5.60 Å². The van der Waals surface area contributed by atoms with Gasteiger partial charge in [0.1, 0.15) is 17.4 Å². The Kier molecular flexibility index (Phi) is 7.53. The molecule has 0 saturated heterocycles. The molecule has 3 atom stereocenters. The molecule has 248 valence electrons. The molecular formula is C39H41ClN4O4. The molecule has 48 heavy (non-hydrogen) atoms. The van der Waals surface area contributed by atoms with Crippen molar-refractivity contribution in [2.24, 2.45) is 5.92 Å². The molecule has 5 N–H and O–H groups in total. The SMILES string of the molecule is CC(C)(C)c1cc(C(C)(C)C)c2oc(Nc3cc(Cl)cc4c3O[C@@]3(C(=O)Nc5cccc(N)c5)[C@H](Cc5ccccc5[C@H]3O)C4)nc2c1. The third-order valence-corrected chi connectivity index (χ3v) is 9.82. The molecule has 7 rings (SSSR count). The van der Waals surface area contributed by atoms with E-state index in [0.29, 0.717) is 51.8 Å². The summed E-state index contributed by atoms with van der Waals surface area (Å²) >= 11 is 6.70. The summed E-state index contributed by atoms with van der Waals surface area (Å²) in [5.74, 6) is -0.444. The summed E-state index contributed by atoms with van der Waals surface area (Å²) < 4.78 is 13.3. The number of nitrogen functional groups attached to an aromatic ring is 1. The van der Waals surface area contributed by atoms with E-state index >= 15 is 0 Å². The molecule has 4 aromatic carbocycles. The van der Waals surface area contributed by atoms with E-state index < -0.39 is 23.5 Å². The number of anilines is 4. The number of halogens is 1. The number of ether oxygens (including phenoxy) is 1. The minimum atomic E-state index is -1.65. The van der Waals surface area contributed by atoms with E-state index in [-0.39, 0.29) is 16.8 Å². The molecule has 1 aliphatic heterocycles. The lowest BCUT2D eigenvalue weighted by molar-refractivity contribution is -0.157. The summed E-state index contributed by atoms with van der Waals surface area (Å²) in [7, 11) is 0. The predicted molar refractivity (Wildman–Crippen MR) is 191 cm³/mol. The van der Waals surface area contributed by atoms with Gasteiger partial charge in [0.25, 0.3) is 11.9 Å². The summed E-state index contributed by atoms with van der Waals surface area (Å²) in [5.41, 5.74) is 11.7. The highest BCUT2D eigenvalue weighted by molar-refractivity contribution is 6.31. The van der Waals surface area contributed by atoms with Gasteiger partial charge in [-0.1, -0.05) is 89.5 Å². The Morgan fingerprint density at radius 1 is 0.958 bits per heavy atom. The average Bonchev–Trinajstić information content (AvgIpc) is 3.41. The fraction of sp³-hybridized carbons (Fsp3) is 0.333. The number of carbonyl (C=O) groups is 1. The third kappa shape index (κ3) is 5.47. The second kappa shape index (κ2) is 11.3. The molecule has 1 aromatic heterocycles. The molecule has 1 amide bonds. The average molecular weight is 665 g/mol. The summed E-state index contributed by atoms with van der Waals surface area (Å²) in [4.78, 5) is 19.3. The van der Waals surface area contributed by atoms with Crippen LogP contribution in [0.5, 0.6) is 5.75 Å². The molecule has 0 saturated carbocycles. The van der Waals surface area contributed by atoms with E-state index in [1.165, 1.54) is 0 Å². The first-order valence-electron chi connectivity index (χ1n) is 16.3. The standard InChI is InChI=1S/C39H41ClN4O4/c1-37(2,3)23-17-29(38(4,5)6)33-30(18-23)43-36(47-33)44-31-19-25(40)16-22-15-24-14-21-10-7-8-13-28(21)34(45)39(24,48-32(22)31)35(46)42-27-12-9-11-26(41)20-27/h7-13,16-20,24,34,45H,14-15,41H2,1-6H3,(H,42,46)(H,43,44)/t24-,34-,39+/m1/s1. The summed E-state index contributed by atoms with van der Waals surface area (Å²) in [6.07, 6.45) is -0.278. The van der Waals surface area contributed by atoms with E-state index in [9.17, 15) is 9.90 Å². The smallest absolute Gasteiger partial charge is 0.300 e. The van der Waals surface area contributed by atoms with Crippen molar-refractivity contribution in [2.75, 3.05) is 16.4 Å². The maximum atomic E-state index is 14.4. The highest BCUT2D eigenvalue weighted by atomic mass is 35.5. The lowest BCUT2D eigenvalue weighted by atomic mass is 9.66. The van der Waals surface area contributed by atoms with Gasteiger partial charge in [-0.3, -0.25) is 4.79 Å². The molecule has 0 radical (unpaired) electrons. The number of oxazole rings is 1. The lowest BCUT2D eigenvalue weighted by Gasteiger charge is -2.49. The van der Waals surface area contributed by atoms with Crippen LogP contribution in [0.1, 0.15) is 75.5 Å². The van der Waals surface area contributed by atoms with E-state index in [0.717, 1.165) is 27.8 Å². The summed E-state index contributed by atoms with van der Waals surface area (Å²) in [6, 6.07) is 22.7. The molecule has 2 heterocycles. The molecule has 0 spiro atoms. The number of fused-ring (bicyclic) bond motifs is 4. The van der Waals surface area contributed by atoms with Crippen LogP contribution in [-0.2, 0) is 28.5 Å². The fourth-order valence-electron chi connectivity index (χ4n) is 7.06. The number of benzene rings is 4. The van der Waals surface area contributed by atoms with Crippen LogP contribution in [-0.4, -0.2) is 21.6 Å². The summed E-state index contributed by atoms with van der Waals surface area (Å²) in [6.45, 7) is 13.0. The van der Waals surface area contributed by atoms with E-state index in [1.807, 2.05) is 30.3 Å². The Labute approximate surface area is 285 Å². The van der Waals surface area contributed by atoms with Crippen LogP contribution in [0.3, 0.4) is 0 Å². The van der Waals surface area contributed by atoms with Crippen LogP contribution in [0.25, 0.3) is 11.1 Å². The van der Waals surface area contributed by atoms with Crippen molar-refractivity contribution >= 4 is 51.7 Å². The van der Waals surface area contributed by atoms with Gasteiger partial charge in [-0.2, -0.15) is 4.98 Å². The molecular weight excluding hydrogens is 624 g/mol. The monoisotopic (exact) mass is 664 g/mol. The number of aromatic nitrogens is 1. The Morgan fingerprint density at radius 3 is 2.44 bits per heavy atom. The number of nitrogens with one attached hydrogen (secondary N) is 2. The first-order chi connectivity index (χ1) is 22.6. The normalized spacial score (nSPS) is 20.3. The zero-order chi connectivity index (χ0) is 34.2. The number of hydrogen-bond donors (Lipinski definition) is 4. The van der Waals surface area contributed by atoms with Crippen molar-refractivity contribution in [3.63, 3.8) is 0 Å². The van der Waals surface area contributed by atoms with E-state index in [1.54, 1.807) is 30.3 Å². The zero-order valence-corrected chi connectivity index (χ0v) is 28.8. The van der Waals surface area contributed by atoms with Gasteiger partial charge in [-0.15, -0.1) is 0 Å². The lowest BCUT2D eigenvalue weighted by Crippen LogP contribution is -2.62. The number of amides is 1. The zero-order valence-electron chi connectivity index (χ0n) is 28.1. The van der Waals surface area contributed by atoms with Crippen molar-refractivity contribution < 1.29 is 19.1 Å². The van der Waals surface area contributed by atoms with Crippen molar-refractivity contribution in [1.82, 2.24) is 4.98 Å². The molecule has 8 nitrogen and oxygen atoms in total.